The van der Waals surface area contributed by atoms with Crippen molar-refractivity contribution in [2.75, 3.05) is 0 Å². The molecule has 0 radical (unpaired) electrons. The Morgan fingerprint density at radius 1 is 0.415 bits per heavy atom. The third-order valence-electron chi connectivity index (χ3n) is 7.14. The van der Waals surface area contributed by atoms with E-state index in [0.29, 0.717) is 6.42 Å². The molecule has 0 aromatic heterocycles. The van der Waals surface area contributed by atoms with Crippen molar-refractivity contribution < 1.29 is 18.1 Å². The van der Waals surface area contributed by atoms with Gasteiger partial charge in [-0.1, -0.05) is 97.1 Å². The van der Waals surface area contributed by atoms with Crippen LogP contribution < -0.4 is 18.1 Å². The van der Waals surface area contributed by atoms with Gasteiger partial charge in [-0.05, 0) is 70.8 Å². The van der Waals surface area contributed by atoms with Crippen LogP contribution in [0.1, 0.15) is 22.3 Å². The Morgan fingerprint density at radius 2 is 0.805 bits per heavy atom. The first kappa shape index (κ1) is 27.1. The summed E-state index contributed by atoms with van der Waals surface area (Å²) in [4.78, 5) is 0. The van der Waals surface area contributed by atoms with Gasteiger partial charge in [0.2, 0.25) is 0 Å². The minimum atomic E-state index is -0.177. The van der Waals surface area contributed by atoms with Crippen molar-refractivity contribution in [3.8, 4) is 23.0 Å². The van der Waals surface area contributed by atoms with Gasteiger partial charge in [0.25, 0.3) is 18.1 Å². The fourth-order valence-electron chi connectivity index (χ4n) is 4.93. The van der Waals surface area contributed by atoms with Gasteiger partial charge in [0.1, 0.15) is 23.0 Å². The lowest BCUT2D eigenvalue weighted by molar-refractivity contribution is 0.508. The van der Waals surface area contributed by atoms with Crippen molar-refractivity contribution in [1.29, 1.82) is 0 Å². The van der Waals surface area contributed by atoms with Gasteiger partial charge in [0.05, 0.1) is 0 Å². The molecular formula is C35H30O4P2. The molecule has 0 aliphatic carbocycles. The van der Waals surface area contributed by atoms with E-state index in [1.165, 1.54) is 0 Å². The summed E-state index contributed by atoms with van der Waals surface area (Å²) in [5.74, 6) is 3.25. The van der Waals surface area contributed by atoms with E-state index in [-0.39, 0.29) is 18.1 Å². The molecule has 41 heavy (non-hydrogen) atoms. The molecule has 0 saturated heterocycles. The number of fused-ring (bicyclic) bond motifs is 2. The van der Waals surface area contributed by atoms with Crippen molar-refractivity contribution in [3.05, 3.63) is 144 Å². The van der Waals surface area contributed by atoms with Crippen LogP contribution in [0.25, 0.3) is 21.5 Å². The number of benzene rings is 6. The summed E-state index contributed by atoms with van der Waals surface area (Å²) in [5, 5.41) is 4.60. The van der Waals surface area contributed by atoms with Crippen molar-refractivity contribution in [2.45, 2.75) is 20.3 Å². The van der Waals surface area contributed by atoms with Crippen molar-refractivity contribution in [3.63, 3.8) is 0 Å². The topological polar surface area (TPSA) is 36.9 Å². The molecule has 6 aromatic rings. The zero-order valence-corrected chi connectivity index (χ0v) is 24.9. The molecule has 6 aromatic carbocycles. The Balaban J connectivity index is 1.34. The molecule has 2 atom stereocenters. The van der Waals surface area contributed by atoms with E-state index in [2.05, 4.69) is 60.7 Å². The molecule has 6 rings (SSSR count). The van der Waals surface area contributed by atoms with Gasteiger partial charge in [-0.3, -0.25) is 0 Å². The highest BCUT2D eigenvalue weighted by atomic mass is 31.1. The molecule has 6 heteroatoms. The van der Waals surface area contributed by atoms with Gasteiger partial charge < -0.3 is 18.1 Å². The highest BCUT2D eigenvalue weighted by Crippen LogP contribution is 2.40. The van der Waals surface area contributed by atoms with E-state index in [4.69, 9.17) is 18.1 Å². The average molecular weight is 577 g/mol. The van der Waals surface area contributed by atoms with Crippen LogP contribution in [0.3, 0.4) is 0 Å². The summed E-state index contributed by atoms with van der Waals surface area (Å²) < 4.78 is 24.7. The zero-order valence-electron chi connectivity index (χ0n) is 22.9. The van der Waals surface area contributed by atoms with Crippen LogP contribution in [-0.2, 0) is 6.42 Å². The van der Waals surface area contributed by atoms with Gasteiger partial charge >= 0.3 is 0 Å². The maximum atomic E-state index is 6.32. The first-order valence-electron chi connectivity index (χ1n) is 13.5. The average Bonchev–Trinajstić information content (AvgIpc) is 3.00. The van der Waals surface area contributed by atoms with Crippen LogP contribution in [0.2, 0.25) is 0 Å². The molecule has 204 valence electrons. The summed E-state index contributed by atoms with van der Waals surface area (Å²) >= 11 is 0. The standard InChI is InChI=1S/C35H30O4P2/c1-24-11-3-9-17-32(24)36-40-38-34-21-19-26-13-5-7-15-28(26)30(34)23-31-29-16-8-6-14-27(29)20-22-35(31)39-41-37-33-18-10-4-12-25(33)2/h3-22,40-41H,23H2,1-2H3. The Labute approximate surface area is 244 Å². The molecule has 0 spiro atoms. The molecule has 4 nitrogen and oxygen atoms in total. The highest BCUT2D eigenvalue weighted by molar-refractivity contribution is 7.27. The largest absolute Gasteiger partial charge is 0.440 e. The lowest BCUT2D eigenvalue weighted by Crippen LogP contribution is -1.99. The minimum Gasteiger partial charge on any atom is -0.440 e. The van der Waals surface area contributed by atoms with Crippen molar-refractivity contribution in [1.82, 2.24) is 0 Å². The lowest BCUT2D eigenvalue weighted by atomic mass is 9.93. The van der Waals surface area contributed by atoms with E-state index in [9.17, 15) is 0 Å². The van der Waals surface area contributed by atoms with Crippen LogP contribution in [0.15, 0.2) is 121 Å². The lowest BCUT2D eigenvalue weighted by Gasteiger charge is -2.18. The Hall–Kier alpha value is -4.10. The Morgan fingerprint density at radius 3 is 1.27 bits per heavy atom. The normalized spacial score (nSPS) is 11.6. The summed E-state index contributed by atoms with van der Waals surface area (Å²) in [5.41, 5.74) is 4.34. The van der Waals surface area contributed by atoms with Crippen LogP contribution in [0.4, 0.5) is 0 Å². The molecule has 2 unspecified atom stereocenters. The quantitative estimate of drug-likeness (QED) is 0.152. The predicted molar refractivity (Wildman–Crippen MR) is 172 cm³/mol. The van der Waals surface area contributed by atoms with E-state index in [1.807, 2.05) is 74.5 Å². The molecular weight excluding hydrogens is 546 g/mol. The van der Waals surface area contributed by atoms with Gasteiger partial charge in [-0.25, -0.2) is 0 Å². The SMILES string of the molecule is Cc1ccccc1OPOc1ccc2ccccc2c1Cc1c(OPOc2ccccc2C)ccc2ccccc12. The minimum absolute atomic E-state index is 0.177. The first-order chi connectivity index (χ1) is 20.2. The van der Waals surface area contributed by atoms with E-state index < -0.39 is 0 Å². The van der Waals surface area contributed by atoms with E-state index >= 15 is 0 Å². The van der Waals surface area contributed by atoms with Gasteiger partial charge in [-0.15, -0.1) is 0 Å². The number of hydrogen-bond acceptors (Lipinski definition) is 4. The summed E-state index contributed by atoms with van der Waals surface area (Å²) in [7, 11) is -0.354. The second-order valence-electron chi connectivity index (χ2n) is 9.81. The molecule has 0 aliphatic rings. The first-order valence-corrected chi connectivity index (χ1v) is 15.1. The molecule has 0 bridgehead atoms. The van der Waals surface area contributed by atoms with Crippen LogP contribution in [0, 0.1) is 13.8 Å². The molecule has 0 aliphatic heterocycles. The fraction of sp³-hybridized carbons (Fsp3) is 0.0857. The summed E-state index contributed by atoms with van der Waals surface area (Å²) in [6.07, 6.45) is 0.622. The maximum Gasteiger partial charge on any atom is 0.275 e. The van der Waals surface area contributed by atoms with Crippen LogP contribution in [0.5, 0.6) is 23.0 Å². The smallest absolute Gasteiger partial charge is 0.275 e. The van der Waals surface area contributed by atoms with Gasteiger partial charge in [-0.2, -0.15) is 0 Å². The third kappa shape index (κ3) is 6.15. The highest BCUT2D eigenvalue weighted by Gasteiger charge is 2.17. The molecule has 0 heterocycles. The predicted octanol–water partition coefficient (Wildman–Crippen LogP) is 10.1. The molecule has 0 amide bonds. The van der Waals surface area contributed by atoms with Gasteiger partial charge in [0.15, 0.2) is 0 Å². The second kappa shape index (κ2) is 12.6. The number of aryl methyl sites for hydroxylation is 2. The van der Waals surface area contributed by atoms with Gasteiger partial charge in [0, 0.05) is 17.5 Å². The van der Waals surface area contributed by atoms with Crippen molar-refractivity contribution in [2.24, 2.45) is 0 Å². The summed E-state index contributed by atoms with van der Waals surface area (Å²) in [6.45, 7) is 4.07. The second-order valence-corrected chi connectivity index (χ2v) is 11.0. The Kier molecular flexibility index (Phi) is 8.33. The Bertz CT molecular complexity index is 1690. The van der Waals surface area contributed by atoms with E-state index in [1.54, 1.807) is 0 Å². The molecule has 0 saturated carbocycles. The molecule has 0 fully saturated rings. The zero-order chi connectivity index (χ0) is 28.0. The number of rotatable bonds is 10. The third-order valence-corrected chi connectivity index (χ3v) is 8.36. The van der Waals surface area contributed by atoms with Crippen molar-refractivity contribution >= 4 is 39.6 Å². The van der Waals surface area contributed by atoms with Crippen LogP contribution in [-0.4, -0.2) is 0 Å². The maximum absolute atomic E-state index is 6.32. The summed E-state index contributed by atoms with van der Waals surface area (Å²) in [6, 6.07) is 41.1. The molecule has 0 N–H and O–H groups in total. The van der Waals surface area contributed by atoms with Crippen LogP contribution >= 0.6 is 18.1 Å². The number of para-hydroxylation sites is 2. The number of hydrogen-bond donors (Lipinski definition) is 0. The monoisotopic (exact) mass is 576 g/mol. The fourth-order valence-corrected chi connectivity index (χ4v) is 6.21. The van der Waals surface area contributed by atoms with E-state index in [0.717, 1.165) is 66.8 Å².